The van der Waals surface area contributed by atoms with Gasteiger partial charge in [-0.15, -0.1) is 0 Å². The monoisotopic (exact) mass is 190 g/mol. The summed E-state index contributed by atoms with van der Waals surface area (Å²) in [7, 11) is 0. The Morgan fingerprint density at radius 2 is 2.14 bits per heavy atom. The molecule has 0 atom stereocenters. The van der Waals surface area contributed by atoms with Crippen LogP contribution in [0.2, 0.25) is 0 Å². The molecule has 2 heterocycles. The summed E-state index contributed by atoms with van der Waals surface area (Å²) in [5.74, 6) is 0. The first-order valence-corrected chi connectivity index (χ1v) is 5.54. The van der Waals surface area contributed by atoms with Crippen molar-refractivity contribution in [3.8, 4) is 0 Å². The molecule has 0 bridgehead atoms. The van der Waals surface area contributed by atoms with Gasteiger partial charge in [0.2, 0.25) is 0 Å². The average molecular weight is 190 g/mol. The number of rotatable bonds is 3. The minimum atomic E-state index is 1.04. The average Bonchev–Trinajstić information content (AvgIpc) is 2.71. The Kier molecular flexibility index (Phi) is 3.14. The Labute approximate surface area is 86.0 Å². The van der Waals surface area contributed by atoms with E-state index in [0.29, 0.717) is 0 Å². The predicted molar refractivity (Wildman–Crippen MR) is 58.1 cm³/mol. The van der Waals surface area contributed by atoms with Gasteiger partial charge in [0.15, 0.2) is 0 Å². The second-order valence-corrected chi connectivity index (χ2v) is 3.99. The van der Waals surface area contributed by atoms with E-state index in [1.165, 1.54) is 37.2 Å². The zero-order valence-electron chi connectivity index (χ0n) is 8.87. The summed E-state index contributed by atoms with van der Waals surface area (Å²) in [6, 6.07) is 4.34. The van der Waals surface area contributed by atoms with Crippen molar-refractivity contribution in [3.63, 3.8) is 0 Å². The van der Waals surface area contributed by atoms with Crippen LogP contribution in [-0.2, 0) is 13.0 Å². The fourth-order valence-corrected chi connectivity index (χ4v) is 2.00. The molecule has 1 aromatic heterocycles. The number of aryl methyl sites for hydroxylation is 1. The Morgan fingerprint density at radius 3 is 2.86 bits per heavy atom. The molecule has 1 fully saturated rings. The second kappa shape index (κ2) is 4.56. The highest BCUT2D eigenvalue weighted by molar-refractivity contribution is 5.16. The van der Waals surface area contributed by atoms with Crippen molar-refractivity contribution in [1.29, 1.82) is 0 Å². The summed E-state index contributed by atoms with van der Waals surface area (Å²) in [6.45, 7) is 5.72. The number of nitrogens with zero attached hydrogens (tertiary/aromatic N) is 2. The van der Waals surface area contributed by atoms with E-state index in [9.17, 15) is 0 Å². The molecule has 0 amide bonds. The fraction of sp³-hybridized carbons (Fsp3) is 0.583. The van der Waals surface area contributed by atoms with E-state index in [1.54, 1.807) is 0 Å². The van der Waals surface area contributed by atoms with E-state index >= 15 is 0 Å². The number of aromatic nitrogens is 1. The molecule has 2 heteroatoms. The maximum absolute atomic E-state index is 4.41. The third kappa shape index (κ3) is 2.32. The van der Waals surface area contributed by atoms with Crippen LogP contribution in [-0.4, -0.2) is 23.0 Å². The molecule has 0 radical (unpaired) electrons. The van der Waals surface area contributed by atoms with Gasteiger partial charge in [-0.1, -0.05) is 6.92 Å². The summed E-state index contributed by atoms with van der Waals surface area (Å²) in [6.07, 6.45) is 5.75. The zero-order valence-corrected chi connectivity index (χ0v) is 8.87. The largest absolute Gasteiger partial charge is 0.298 e. The predicted octanol–water partition coefficient (Wildman–Crippen LogP) is 2.24. The molecule has 1 aliphatic rings. The van der Waals surface area contributed by atoms with E-state index in [4.69, 9.17) is 0 Å². The van der Waals surface area contributed by atoms with Gasteiger partial charge in [0.05, 0.1) is 5.69 Å². The lowest BCUT2D eigenvalue weighted by atomic mass is 10.2. The first kappa shape index (κ1) is 9.66. The Hall–Kier alpha value is -0.890. The molecule has 0 saturated carbocycles. The van der Waals surface area contributed by atoms with E-state index in [-0.39, 0.29) is 0 Å². The van der Waals surface area contributed by atoms with Gasteiger partial charge in [-0.25, -0.2) is 0 Å². The molecule has 0 N–H and O–H groups in total. The first-order chi connectivity index (χ1) is 6.88. The molecule has 0 unspecified atom stereocenters. The number of hydrogen-bond donors (Lipinski definition) is 0. The Morgan fingerprint density at radius 1 is 1.36 bits per heavy atom. The van der Waals surface area contributed by atoms with E-state index in [0.717, 1.165) is 13.0 Å². The highest BCUT2D eigenvalue weighted by atomic mass is 15.1. The van der Waals surface area contributed by atoms with Crippen LogP contribution in [0.1, 0.15) is 31.0 Å². The number of pyridine rings is 1. The Balaban J connectivity index is 2.00. The van der Waals surface area contributed by atoms with Crippen LogP contribution in [0.25, 0.3) is 0 Å². The molecule has 1 saturated heterocycles. The molecule has 2 nitrogen and oxygen atoms in total. The van der Waals surface area contributed by atoms with Gasteiger partial charge >= 0.3 is 0 Å². The third-order valence-electron chi connectivity index (χ3n) is 2.87. The Bertz CT molecular complexity index is 290. The maximum atomic E-state index is 4.41. The minimum absolute atomic E-state index is 1.04. The molecule has 2 rings (SSSR count). The quantitative estimate of drug-likeness (QED) is 0.726. The molecule has 0 aliphatic carbocycles. The van der Waals surface area contributed by atoms with Crippen LogP contribution in [0.3, 0.4) is 0 Å². The smallest absolute Gasteiger partial charge is 0.0546 e. The minimum Gasteiger partial charge on any atom is -0.298 e. The summed E-state index contributed by atoms with van der Waals surface area (Å²) in [5.41, 5.74) is 2.63. The molecule has 76 valence electrons. The van der Waals surface area contributed by atoms with E-state index in [1.807, 2.05) is 6.20 Å². The first-order valence-electron chi connectivity index (χ1n) is 5.54. The van der Waals surface area contributed by atoms with Crippen molar-refractivity contribution in [2.75, 3.05) is 13.1 Å². The van der Waals surface area contributed by atoms with Crippen molar-refractivity contribution >= 4 is 0 Å². The topological polar surface area (TPSA) is 16.1 Å². The normalized spacial score (nSPS) is 17.5. The summed E-state index contributed by atoms with van der Waals surface area (Å²) < 4.78 is 0. The van der Waals surface area contributed by atoms with Crippen LogP contribution < -0.4 is 0 Å². The molecule has 1 aliphatic heterocycles. The lowest BCUT2D eigenvalue weighted by Gasteiger charge is -2.13. The third-order valence-corrected chi connectivity index (χ3v) is 2.87. The van der Waals surface area contributed by atoms with Crippen molar-refractivity contribution in [2.45, 2.75) is 32.7 Å². The maximum Gasteiger partial charge on any atom is 0.0546 e. The van der Waals surface area contributed by atoms with Gasteiger partial charge in [0.1, 0.15) is 0 Å². The number of likely N-dealkylation sites (tertiary alicyclic amines) is 1. The van der Waals surface area contributed by atoms with Crippen LogP contribution in [0.15, 0.2) is 18.3 Å². The van der Waals surface area contributed by atoms with Crippen molar-refractivity contribution in [1.82, 2.24) is 9.88 Å². The van der Waals surface area contributed by atoms with E-state index in [2.05, 4.69) is 28.9 Å². The summed E-state index contributed by atoms with van der Waals surface area (Å²) in [4.78, 5) is 6.90. The summed E-state index contributed by atoms with van der Waals surface area (Å²) in [5, 5.41) is 0. The highest BCUT2D eigenvalue weighted by Crippen LogP contribution is 2.12. The molecule has 14 heavy (non-hydrogen) atoms. The molecule has 0 aromatic carbocycles. The van der Waals surface area contributed by atoms with Crippen molar-refractivity contribution in [3.05, 3.63) is 29.6 Å². The molecular weight excluding hydrogens is 172 g/mol. The SMILES string of the molecule is CCc1ccnc(CN2CCCC2)c1. The lowest BCUT2D eigenvalue weighted by Crippen LogP contribution is -2.19. The van der Waals surface area contributed by atoms with Crippen molar-refractivity contribution in [2.24, 2.45) is 0 Å². The highest BCUT2D eigenvalue weighted by Gasteiger charge is 2.11. The van der Waals surface area contributed by atoms with Gasteiger partial charge in [-0.05, 0) is 50.0 Å². The molecule has 0 spiro atoms. The van der Waals surface area contributed by atoms with Gasteiger partial charge in [0.25, 0.3) is 0 Å². The van der Waals surface area contributed by atoms with Gasteiger partial charge in [0, 0.05) is 12.7 Å². The zero-order chi connectivity index (χ0) is 9.80. The van der Waals surface area contributed by atoms with Crippen LogP contribution in [0, 0.1) is 0 Å². The van der Waals surface area contributed by atoms with Crippen LogP contribution >= 0.6 is 0 Å². The standard InChI is InChI=1S/C12H18N2/c1-2-11-5-6-13-12(9-11)10-14-7-3-4-8-14/h5-6,9H,2-4,7-8,10H2,1H3. The lowest BCUT2D eigenvalue weighted by molar-refractivity contribution is 0.327. The van der Waals surface area contributed by atoms with Gasteiger partial charge in [-0.3, -0.25) is 9.88 Å². The van der Waals surface area contributed by atoms with E-state index < -0.39 is 0 Å². The van der Waals surface area contributed by atoms with Gasteiger partial charge < -0.3 is 0 Å². The molecule has 1 aromatic rings. The second-order valence-electron chi connectivity index (χ2n) is 3.99. The molecular formula is C12H18N2. The van der Waals surface area contributed by atoms with Crippen molar-refractivity contribution < 1.29 is 0 Å². The fourth-order valence-electron chi connectivity index (χ4n) is 2.00. The number of hydrogen-bond acceptors (Lipinski definition) is 2. The van der Waals surface area contributed by atoms with Crippen LogP contribution in [0.4, 0.5) is 0 Å². The van der Waals surface area contributed by atoms with Crippen LogP contribution in [0.5, 0.6) is 0 Å². The van der Waals surface area contributed by atoms with Gasteiger partial charge in [-0.2, -0.15) is 0 Å². The summed E-state index contributed by atoms with van der Waals surface area (Å²) >= 11 is 0.